The fraction of sp³-hybridized carbons (Fsp3) is 0.261. The SMILES string of the molecule is CCc1nnc2n1CCN(c1cc(-n3ncc4ccc(-c5cnn(C)c5)cc43)ccn1)C2. The molecule has 0 radical (unpaired) electrons. The van der Waals surface area contributed by atoms with Crippen LogP contribution < -0.4 is 4.90 Å². The van der Waals surface area contributed by atoms with Crippen molar-refractivity contribution in [3.63, 3.8) is 0 Å². The van der Waals surface area contributed by atoms with Crippen molar-refractivity contribution in [2.75, 3.05) is 11.4 Å². The molecule has 0 spiro atoms. The maximum Gasteiger partial charge on any atom is 0.152 e. The van der Waals surface area contributed by atoms with Crippen molar-refractivity contribution in [1.82, 2.24) is 39.3 Å². The van der Waals surface area contributed by atoms with E-state index in [4.69, 9.17) is 0 Å². The Morgan fingerprint density at radius 1 is 0.969 bits per heavy atom. The van der Waals surface area contributed by atoms with Crippen LogP contribution in [0.2, 0.25) is 0 Å². The Labute approximate surface area is 184 Å². The van der Waals surface area contributed by atoms with Crippen LogP contribution in [-0.4, -0.2) is 45.9 Å². The van der Waals surface area contributed by atoms with Gasteiger partial charge in [-0.3, -0.25) is 4.68 Å². The molecular formula is C23H23N9. The zero-order valence-corrected chi connectivity index (χ0v) is 18.0. The van der Waals surface area contributed by atoms with E-state index in [0.717, 1.165) is 64.7 Å². The third-order valence-electron chi connectivity index (χ3n) is 6.05. The van der Waals surface area contributed by atoms with Gasteiger partial charge in [-0.25, -0.2) is 9.67 Å². The van der Waals surface area contributed by atoms with Crippen LogP contribution in [0.4, 0.5) is 5.82 Å². The second-order valence-corrected chi connectivity index (χ2v) is 8.06. The molecule has 0 fully saturated rings. The molecule has 160 valence electrons. The normalized spacial score (nSPS) is 13.6. The molecular weight excluding hydrogens is 402 g/mol. The van der Waals surface area contributed by atoms with Crippen molar-refractivity contribution in [2.45, 2.75) is 26.4 Å². The molecule has 1 aliphatic heterocycles. The van der Waals surface area contributed by atoms with Crippen LogP contribution >= 0.6 is 0 Å². The topological polar surface area (TPSA) is 82.5 Å². The standard InChI is InChI=1S/C23H23N9/c1-3-21-27-28-23-15-30(8-9-31(21)23)22-11-19(6-7-24-22)32-20-10-16(4-5-17(20)12-26-32)18-13-25-29(2)14-18/h4-7,10-14H,3,8-9,15H2,1-2H3. The van der Waals surface area contributed by atoms with Crippen molar-refractivity contribution in [2.24, 2.45) is 7.05 Å². The van der Waals surface area contributed by atoms with Gasteiger partial charge in [0.2, 0.25) is 0 Å². The van der Waals surface area contributed by atoms with Gasteiger partial charge in [0.25, 0.3) is 0 Å². The second-order valence-electron chi connectivity index (χ2n) is 8.06. The second kappa shape index (κ2) is 7.30. The molecule has 4 aromatic heterocycles. The van der Waals surface area contributed by atoms with E-state index in [1.54, 1.807) is 0 Å². The number of aryl methyl sites for hydroxylation is 2. The lowest BCUT2D eigenvalue weighted by molar-refractivity contribution is 0.541. The van der Waals surface area contributed by atoms with Gasteiger partial charge in [0.15, 0.2) is 5.82 Å². The van der Waals surface area contributed by atoms with Gasteiger partial charge in [0, 0.05) is 56.0 Å². The van der Waals surface area contributed by atoms with Gasteiger partial charge in [0.1, 0.15) is 11.6 Å². The Morgan fingerprint density at radius 2 is 1.91 bits per heavy atom. The number of benzene rings is 1. The molecule has 0 atom stereocenters. The van der Waals surface area contributed by atoms with E-state index >= 15 is 0 Å². The first-order chi connectivity index (χ1) is 15.7. The van der Waals surface area contributed by atoms with E-state index in [-0.39, 0.29) is 0 Å². The summed E-state index contributed by atoms with van der Waals surface area (Å²) in [5.41, 5.74) is 4.23. The van der Waals surface area contributed by atoms with Gasteiger partial charge in [-0.15, -0.1) is 10.2 Å². The van der Waals surface area contributed by atoms with E-state index in [1.807, 2.05) is 47.3 Å². The Hall–Kier alpha value is -4.01. The third-order valence-corrected chi connectivity index (χ3v) is 6.05. The van der Waals surface area contributed by atoms with Crippen LogP contribution in [0, 0.1) is 0 Å². The van der Waals surface area contributed by atoms with Crippen LogP contribution in [0.3, 0.4) is 0 Å². The van der Waals surface area contributed by atoms with Crippen molar-refractivity contribution < 1.29 is 0 Å². The lowest BCUT2D eigenvalue weighted by atomic mass is 10.1. The van der Waals surface area contributed by atoms with E-state index in [9.17, 15) is 0 Å². The maximum absolute atomic E-state index is 4.67. The fourth-order valence-electron chi connectivity index (χ4n) is 4.36. The Bertz CT molecular complexity index is 1420. The molecule has 0 unspecified atom stereocenters. The summed E-state index contributed by atoms with van der Waals surface area (Å²) in [5, 5.41) is 18.7. The van der Waals surface area contributed by atoms with Gasteiger partial charge in [-0.05, 0) is 17.7 Å². The zero-order chi connectivity index (χ0) is 21.7. The molecule has 1 aromatic carbocycles. The molecule has 9 heteroatoms. The summed E-state index contributed by atoms with van der Waals surface area (Å²) in [6, 6.07) is 10.5. The highest BCUT2D eigenvalue weighted by molar-refractivity contribution is 5.85. The highest BCUT2D eigenvalue weighted by atomic mass is 15.4. The quantitative estimate of drug-likeness (QED) is 0.440. The van der Waals surface area contributed by atoms with E-state index in [2.05, 4.69) is 66.0 Å². The lowest BCUT2D eigenvalue weighted by Crippen LogP contribution is -2.35. The summed E-state index contributed by atoms with van der Waals surface area (Å²) in [5.74, 6) is 2.96. The number of pyridine rings is 1. The number of hydrogen-bond donors (Lipinski definition) is 0. The molecule has 6 rings (SSSR count). The van der Waals surface area contributed by atoms with Crippen molar-refractivity contribution in [3.8, 4) is 16.8 Å². The monoisotopic (exact) mass is 425 g/mol. The van der Waals surface area contributed by atoms with Crippen LogP contribution in [0.15, 0.2) is 55.1 Å². The molecule has 9 nitrogen and oxygen atoms in total. The molecule has 0 bridgehead atoms. The number of aromatic nitrogens is 8. The van der Waals surface area contributed by atoms with E-state index < -0.39 is 0 Å². The zero-order valence-electron chi connectivity index (χ0n) is 18.0. The molecule has 5 aromatic rings. The summed E-state index contributed by atoms with van der Waals surface area (Å²) < 4.78 is 6.01. The first kappa shape index (κ1) is 18.7. The summed E-state index contributed by atoms with van der Waals surface area (Å²) in [6.45, 7) is 4.56. The molecule has 5 heterocycles. The van der Waals surface area contributed by atoms with Gasteiger partial charge in [0.05, 0.1) is 30.1 Å². The van der Waals surface area contributed by atoms with Gasteiger partial charge in [-0.1, -0.05) is 19.1 Å². The maximum atomic E-state index is 4.67. The van der Waals surface area contributed by atoms with E-state index in [1.165, 1.54) is 0 Å². The largest absolute Gasteiger partial charge is 0.347 e. The van der Waals surface area contributed by atoms with Crippen LogP contribution in [0.1, 0.15) is 18.6 Å². The van der Waals surface area contributed by atoms with Crippen molar-refractivity contribution >= 4 is 16.7 Å². The molecule has 32 heavy (non-hydrogen) atoms. The van der Waals surface area contributed by atoms with Gasteiger partial charge in [-0.2, -0.15) is 10.2 Å². The number of nitrogens with zero attached hydrogens (tertiary/aromatic N) is 9. The minimum Gasteiger partial charge on any atom is -0.347 e. The predicted octanol–water partition coefficient (Wildman–Crippen LogP) is 3.00. The summed E-state index contributed by atoms with van der Waals surface area (Å²) in [6.07, 6.45) is 8.54. The van der Waals surface area contributed by atoms with Gasteiger partial charge < -0.3 is 9.47 Å². The summed E-state index contributed by atoms with van der Waals surface area (Å²) in [4.78, 5) is 6.89. The smallest absolute Gasteiger partial charge is 0.152 e. The summed E-state index contributed by atoms with van der Waals surface area (Å²) >= 11 is 0. The molecule has 0 N–H and O–H groups in total. The van der Waals surface area contributed by atoms with Gasteiger partial charge >= 0.3 is 0 Å². The first-order valence-corrected chi connectivity index (χ1v) is 10.8. The highest BCUT2D eigenvalue weighted by Gasteiger charge is 2.22. The predicted molar refractivity (Wildman–Crippen MR) is 122 cm³/mol. The van der Waals surface area contributed by atoms with Crippen molar-refractivity contribution in [3.05, 3.63) is 66.8 Å². The number of rotatable bonds is 4. The molecule has 0 amide bonds. The molecule has 1 aliphatic rings. The Morgan fingerprint density at radius 3 is 2.75 bits per heavy atom. The first-order valence-electron chi connectivity index (χ1n) is 10.8. The van der Waals surface area contributed by atoms with Crippen LogP contribution in [0.25, 0.3) is 27.7 Å². The average molecular weight is 426 g/mol. The molecule has 0 saturated carbocycles. The molecule has 0 saturated heterocycles. The van der Waals surface area contributed by atoms with E-state index in [0.29, 0.717) is 6.54 Å². The number of fused-ring (bicyclic) bond motifs is 2. The average Bonchev–Trinajstić information content (AvgIpc) is 3.56. The third kappa shape index (κ3) is 3.05. The minimum atomic E-state index is 0.703. The highest BCUT2D eigenvalue weighted by Crippen LogP contribution is 2.27. The van der Waals surface area contributed by atoms with Crippen LogP contribution in [0.5, 0.6) is 0 Å². The number of anilines is 1. The number of hydrogen-bond acceptors (Lipinski definition) is 6. The lowest BCUT2D eigenvalue weighted by Gasteiger charge is -2.28. The Balaban J connectivity index is 1.35. The fourth-order valence-corrected chi connectivity index (χ4v) is 4.36. The molecule has 0 aliphatic carbocycles. The van der Waals surface area contributed by atoms with Crippen molar-refractivity contribution in [1.29, 1.82) is 0 Å². The summed E-state index contributed by atoms with van der Waals surface area (Å²) in [7, 11) is 1.93. The Kier molecular flexibility index (Phi) is 4.27. The van der Waals surface area contributed by atoms with Crippen LogP contribution in [-0.2, 0) is 26.6 Å². The minimum absolute atomic E-state index is 0.703.